The highest BCUT2D eigenvalue weighted by Gasteiger charge is 2.21. The Morgan fingerprint density at radius 3 is 2.85 bits per heavy atom. The molecule has 0 aliphatic heterocycles. The number of carbonyl (C=O) groups excluding carboxylic acids is 1. The highest BCUT2D eigenvalue weighted by Crippen LogP contribution is 2.33. The molecule has 0 amide bonds. The molecular formula is C11H12Br2N4OS2. The van der Waals surface area contributed by atoms with Gasteiger partial charge in [0.25, 0.3) is 5.91 Å². The summed E-state index contributed by atoms with van der Waals surface area (Å²) < 4.78 is 3.08. The van der Waals surface area contributed by atoms with Gasteiger partial charge in [-0.15, -0.1) is 21.5 Å². The zero-order valence-electron chi connectivity index (χ0n) is 10.6. The first-order valence-corrected chi connectivity index (χ1v) is 9.26. The van der Waals surface area contributed by atoms with Crippen LogP contribution in [0.1, 0.15) is 29.4 Å². The standard InChI is InChI=1S/C11H12Br2N4OS2/c1-2-3-4-19-11-16-15-10(14)17(11)9(18)7-5-6(12)8(13)20-7/h5H,2-4H2,1H3,(H2,14,15). The van der Waals surface area contributed by atoms with Crippen LogP contribution in [0.5, 0.6) is 0 Å². The average molecular weight is 440 g/mol. The van der Waals surface area contributed by atoms with E-state index in [0.717, 1.165) is 26.9 Å². The maximum Gasteiger partial charge on any atom is 0.277 e. The molecule has 0 aromatic carbocycles. The molecule has 5 nitrogen and oxygen atoms in total. The van der Waals surface area contributed by atoms with Crippen LogP contribution in [0.4, 0.5) is 5.95 Å². The molecule has 2 rings (SSSR count). The van der Waals surface area contributed by atoms with E-state index in [1.807, 2.05) is 0 Å². The van der Waals surface area contributed by atoms with Crippen molar-refractivity contribution in [3.8, 4) is 0 Å². The number of thiophene rings is 1. The topological polar surface area (TPSA) is 73.8 Å². The van der Waals surface area contributed by atoms with Crippen LogP contribution in [-0.2, 0) is 0 Å². The summed E-state index contributed by atoms with van der Waals surface area (Å²) in [5, 5.41) is 8.32. The molecule has 2 aromatic heterocycles. The highest BCUT2D eigenvalue weighted by molar-refractivity contribution is 9.13. The molecule has 0 saturated carbocycles. The Hall–Kier alpha value is -0.380. The Morgan fingerprint density at radius 2 is 2.25 bits per heavy atom. The second-order valence-electron chi connectivity index (χ2n) is 3.92. The van der Waals surface area contributed by atoms with Crippen LogP contribution in [0.25, 0.3) is 0 Å². The summed E-state index contributed by atoms with van der Waals surface area (Å²) in [5.74, 6) is 0.803. The highest BCUT2D eigenvalue weighted by atomic mass is 79.9. The first-order valence-electron chi connectivity index (χ1n) is 5.87. The summed E-state index contributed by atoms with van der Waals surface area (Å²) >= 11 is 9.59. The smallest absolute Gasteiger partial charge is 0.277 e. The van der Waals surface area contributed by atoms with Gasteiger partial charge in [0.1, 0.15) is 0 Å². The van der Waals surface area contributed by atoms with E-state index < -0.39 is 0 Å². The Balaban J connectivity index is 2.27. The number of anilines is 1. The number of nitrogens with zero attached hydrogens (tertiary/aromatic N) is 3. The number of aromatic nitrogens is 3. The van der Waals surface area contributed by atoms with Crippen molar-refractivity contribution < 1.29 is 4.79 Å². The maximum atomic E-state index is 12.5. The molecule has 108 valence electrons. The van der Waals surface area contributed by atoms with Gasteiger partial charge in [0.2, 0.25) is 5.95 Å². The van der Waals surface area contributed by atoms with Crippen LogP contribution >= 0.6 is 55.0 Å². The Kier molecular flexibility index (Phi) is 5.65. The van der Waals surface area contributed by atoms with Crippen LogP contribution in [0.2, 0.25) is 0 Å². The van der Waals surface area contributed by atoms with Crippen LogP contribution in [0, 0.1) is 0 Å². The third-order valence-corrected chi connectivity index (χ3v) is 6.71. The summed E-state index contributed by atoms with van der Waals surface area (Å²) in [6, 6.07) is 1.76. The van der Waals surface area contributed by atoms with Gasteiger partial charge in [-0.05, 0) is 44.3 Å². The van der Waals surface area contributed by atoms with Crippen molar-refractivity contribution >= 4 is 66.8 Å². The third-order valence-electron chi connectivity index (χ3n) is 2.45. The van der Waals surface area contributed by atoms with E-state index in [1.54, 1.807) is 6.07 Å². The molecule has 0 aliphatic rings. The largest absolute Gasteiger partial charge is 0.367 e. The normalized spacial score (nSPS) is 10.9. The van der Waals surface area contributed by atoms with E-state index in [9.17, 15) is 4.79 Å². The fraction of sp³-hybridized carbons (Fsp3) is 0.364. The maximum absolute atomic E-state index is 12.5. The lowest BCUT2D eigenvalue weighted by atomic mass is 10.4. The molecular weight excluding hydrogens is 428 g/mol. The minimum atomic E-state index is -0.206. The quantitative estimate of drug-likeness (QED) is 0.562. The van der Waals surface area contributed by atoms with Gasteiger partial charge in [-0.1, -0.05) is 25.1 Å². The lowest BCUT2D eigenvalue weighted by Gasteiger charge is -2.04. The van der Waals surface area contributed by atoms with Crippen molar-refractivity contribution in [2.75, 3.05) is 11.5 Å². The number of nitrogen functional groups attached to an aromatic ring is 1. The summed E-state index contributed by atoms with van der Waals surface area (Å²) in [4.78, 5) is 13.1. The molecule has 2 N–H and O–H groups in total. The lowest BCUT2D eigenvalue weighted by Crippen LogP contribution is -2.14. The van der Waals surface area contributed by atoms with Crippen LogP contribution in [0.15, 0.2) is 19.5 Å². The number of hydrogen-bond donors (Lipinski definition) is 1. The number of halogens is 2. The van der Waals surface area contributed by atoms with Crippen LogP contribution in [0.3, 0.4) is 0 Å². The van der Waals surface area contributed by atoms with Crippen LogP contribution in [-0.4, -0.2) is 26.4 Å². The molecule has 0 bridgehead atoms. The first-order chi connectivity index (χ1) is 9.54. The SMILES string of the molecule is CCCCSc1nnc(N)n1C(=O)c1cc(Br)c(Br)s1. The molecule has 2 heterocycles. The molecule has 0 fully saturated rings. The average Bonchev–Trinajstić information content (AvgIpc) is 2.94. The van der Waals surface area contributed by atoms with Crippen molar-refractivity contribution in [2.24, 2.45) is 0 Å². The van der Waals surface area contributed by atoms with E-state index >= 15 is 0 Å². The van der Waals surface area contributed by atoms with Gasteiger partial charge in [-0.3, -0.25) is 4.79 Å². The fourth-order valence-corrected chi connectivity index (χ4v) is 4.42. The summed E-state index contributed by atoms with van der Waals surface area (Å²) in [6.45, 7) is 2.12. The van der Waals surface area contributed by atoms with Gasteiger partial charge in [-0.2, -0.15) is 0 Å². The minimum absolute atomic E-state index is 0.120. The van der Waals surface area contributed by atoms with Crippen molar-refractivity contribution in [3.05, 3.63) is 19.2 Å². The Morgan fingerprint density at radius 1 is 1.50 bits per heavy atom. The van der Waals surface area contributed by atoms with Crippen molar-refractivity contribution in [1.82, 2.24) is 14.8 Å². The van der Waals surface area contributed by atoms with Gasteiger partial charge in [0, 0.05) is 10.2 Å². The van der Waals surface area contributed by atoms with Crippen LogP contribution < -0.4 is 5.73 Å². The van der Waals surface area contributed by atoms with Gasteiger partial charge >= 0.3 is 0 Å². The molecule has 9 heteroatoms. The Labute approximate surface area is 141 Å². The van der Waals surface area contributed by atoms with Crippen molar-refractivity contribution in [2.45, 2.75) is 24.9 Å². The predicted molar refractivity (Wildman–Crippen MR) is 89.5 cm³/mol. The van der Waals surface area contributed by atoms with Gasteiger partial charge in [0.05, 0.1) is 8.66 Å². The van der Waals surface area contributed by atoms with Gasteiger partial charge < -0.3 is 5.73 Å². The molecule has 0 radical (unpaired) electrons. The number of nitrogens with two attached hydrogens (primary N) is 1. The molecule has 20 heavy (non-hydrogen) atoms. The molecule has 2 aromatic rings. The summed E-state index contributed by atoms with van der Waals surface area (Å²) in [5.41, 5.74) is 5.77. The lowest BCUT2D eigenvalue weighted by molar-refractivity contribution is 0.0956. The van der Waals surface area contributed by atoms with Gasteiger partial charge in [-0.25, -0.2) is 4.57 Å². The second kappa shape index (κ2) is 7.06. The zero-order chi connectivity index (χ0) is 14.7. The summed E-state index contributed by atoms with van der Waals surface area (Å²) in [6.07, 6.45) is 2.15. The Bertz CT molecular complexity index is 606. The summed E-state index contributed by atoms with van der Waals surface area (Å²) in [7, 11) is 0. The van der Waals surface area contributed by atoms with E-state index in [1.165, 1.54) is 27.7 Å². The molecule has 0 saturated heterocycles. The molecule has 0 spiro atoms. The van der Waals surface area contributed by atoms with E-state index in [2.05, 4.69) is 49.0 Å². The third kappa shape index (κ3) is 3.44. The van der Waals surface area contributed by atoms with Gasteiger partial charge in [0.15, 0.2) is 5.16 Å². The van der Waals surface area contributed by atoms with Crippen molar-refractivity contribution in [3.63, 3.8) is 0 Å². The first kappa shape index (κ1) is 16.0. The number of unbranched alkanes of at least 4 members (excludes halogenated alkanes) is 1. The predicted octanol–water partition coefficient (Wildman–Crippen LogP) is 4.03. The molecule has 0 unspecified atom stereocenters. The molecule has 0 atom stereocenters. The van der Waals surface area contributed by atoms with E-state index in [0.29, 0.717) is 10.0 Å². The molecule has 0 aliphatic carbocycles. The number of rotatable bonds is 5. The monoisotopic (exact) mass is 438 g/mol. The zero-order valence-corrected chi connectivity index (χ0v) is 15.4. The minimum Gasteiger partial charge on any atom is -0.367 e. The van der Waals surface area contributed by atoms with E-state index in [-0.39, 0.29) is 11.9 Å². The number of carbonyl (C=O) groups is 1. The van der Waals surface area contributed by atoms with Crippen molar-refractivity contribution in [1.29, 1.82) is 0 Å². The fourth-order valence-electron chi connectivity index (χ4n) is 1.44. The number of hydrogen-bond acceptors (Lipinski definition) is 6. The second-order valence-corrected chi connectivity index (χ2v) is 8.20. The van der Waals surface area contributed by atoms with E-state index in [4.69, 9.17) is 5.73 Å². The number of thioether (sulfide) groups is 1.